The van der Waals surface area contributed by atoms with Gasteiger partial charge in [-0.25, -0.2) is 4.21 Å². The highest BCUT2D eigenvalue weighted by Gasteiger charge is 1.69. The van der Waals surface area contributed by atoms with Crippen LogP contribution >= 0.6 is 0 Å². The molecule has 0 aliphatic carbocycles. The first-order valence-electron chi connectivity index (χ1n) is 2.20. The molecule has 0 aromatic carbocycles. The summed E-state index contributed by atoms with van der Waals surface area (Å²) in [4.78, 5) is 2.77. The van der Waals surface area contributed by atoms with Crippen molar-refractivity contribution in [2.24, 2.45) is 0 Å². The van der Waals surface area contributed by atoms with Crippen LogP contribution in [0.3, 0.4) is 0 Å². The lowest BCUT2D eigenvalue weighted by Gasteiger charge is -1.76. The van der Waals surface area contributed by atoms with Crippen LogP contribution in [-0.4, -0.2) is 9.19 Å². The smallest absolute Gasteiger partial charge is 0.133 e. The Kier molecular flexibility index (Phi) is 1.64. The van der Waals surface area contributed by atoms with Gasteiger partial charge in [-0.1, -0.05) is 6.07 Å². The predicted molar refractivity (Wildman–Crippen MR) is 32.2 cm³/mol. The van der Waals surface area contributed by atoms with Gasteiger partial charge in [0.2, 0.25) is 0 Å². The zero-order valence-electron chi connectivity index (χ0n) is 4.13. The molecule has 0 amide bonds. The molecule has 0 fully saturated rings. The average molecular weight is 127 g/mol. The van der Waals surface area contributed by atoms with E-state index in [0.717, 1.165) is 0 Å². The molecule has 1 heterocycles. The van der Waals surface area contributed by atoms with Gasteiger partial charge in [0.25, 0.3) is 0 Å². The van der Waals surface area contributed by atoms with Crippen molar-refractivity contribution >= 4 is 11.3 Å². The molecule has 0 saturated heterocycles. The van der Waals surface area contributed by atoms with E-state index < -0.39 is 0 Å². The maximum Gasteiger partial charge on any atom is 0.133 e. The third-order valence-corrected chi connectivity index (χ3v) is 1.20. The molecule has 0 atom stereocenters. The van der Waals surface area contributed by atoms with Crippen molar-refractivity contribution in [1.29, 1.82) is 0 Å². The molecule has 1 rings (SSSR count). The van der Waals surface area contributed by atoms with E-state index in [4.69, 9.17) is 0 Å². The number of hydrogen-bond acceptors (Lipinski definition) is 1. The summed E-state index contributed by atoms with van der Waals surface area (Å²) >= 11 is 0.463. The van der Waals surface area contributed by atoms with Crippen molar-refractivity contribution in [1.82, 2.24) is 4.98 Å². The number of H-pyrrole nitrogens is 1. The normalized spacial score (nSPS) is 8.50. The zero-order valence-corrected chi connectivity index (χ0v) is 4.94. The molecule has 0 unspecified atom stereocenters. The van der Waals surface area contributed by atoms with E-state index >= 15 is 0 Å². The minimum atomic E-state index is 0.463. The van der Waals surface area contributed by atoms with Crippen LogP contribution in [0.25, 0.3) is 0 Å². The Morgan fingerprint density at radius 3 is 2.75 bits per heavy atom. The molecule has 1 N–H and O–H groups in total. The summed E-state index contributed by atoms with van der Waals surface area (Å²) in [6.45, 7) is 0. The second kappa shape index (κ2) is 2.47. The first-order chi connectivity index (χ1) is 3.93. The standard InChI is InChI=1S/C5H5NOS/c7-8-5-3-1-2-4-6-5/h1-4,6H. The SMILES string of the molecule is O=S=c1cccc[nH]1. The predicted octanol–water partition coefficient (Wildman–Crippen LogP) is 0.760. The van der Waals surface area contributed by atoms with Crippen LogP contribution in [-0.2, 0) is 11.3 Å². The van der Waals surface area contributed by atoms with Crippen molar-refractivity contribution in [2.75, 3.05) is 0 Å². The van der Waals surface area contributed by atoms with E-state index in [-0.39, 0.29) is 0 Å². The van der Waals surface area contributed by atoms with E-state index in [9.17, 15) is 4.21 Å². The van der Waals surface area contributed by atoms with Gasteiger partial charge in [0.05, 0.1) is 0 Å². The zero-order chi connectivity index (χ0) is 5.82. The van der Waals surface area contributed by atoms with Gasteiger partial charge in [0.1, 0.15) is 15.9 Å². The van der Waals surface area contributed by atoms with Crippen LogP contribution in [0.2, 0.25) is 0 Å². The molecule has 8 heavy (non-hydrogen) atoms. The monoisotopic (exact) mass is 127 g/mol. The Morgan fingerprint density at radius 2 is 2.38 bits per heavy atom. The molecule has 0 saturated carbocycles. The fraction of sp³-hybridized carbons (Fsp3) is 0. The van der Waals surface area contributed by atoms with E-state index in [1.165, 1.54) is 0 Å². The van der Waals surface area contributed by atoms with Gasteiger partial charge < -0.3 is 4.98 Å². The molecule has 0 bridgehead atoms. The van der Waals surface area contributed by atoms with E-state index in [2.05, 4.69) is 4.98 Å². The number of hydrogen-bond donors (Lipinski definition) is 1. The van der Waals surface area contributed by atoms with Gasteiger partial charge in [-0.05, 0) is 12.1 Å². The number of aromatic nitrogens is 1. The van der Waals surface area contributed by atoms with Crippen molar-refractivity contribution in [3.8, 4) is 0 Å². The molecule has 42 valence electrons. The second-order valence-electron chi connectivity index (χ2n) is 1.31. The first kappa shape index (κ1) is 5.31. The van der Waals surface area contributed by atoms with E-state index in [1.807, 2.05) is 12.1 Å². The molecule has 0 radical (unpaired) electrons. The first-order valence-corrected chi connectivity index (χ1v) is 2.94. The molecule has 1 aromatic heterocycles. The van der Waals surface area contributed by atoms with Gasteiger partial charge in [-0.3, -0.25) is 0 Å². The molecule has 2 nitrogen and oxygen atoms in total. The van der Waals surface area contributed by atoms with E-state index in [0.29, 0.717) is 15.9 Å². The summed E-state index contributed by atoms with van der Waals surface area (Å²) in [6.07, 6.45) is 1.72. The Bertz CT molecular complexity index is 231. The summed E-state index contributed by atoms with van der Waals surface area (Å²) in [6, 6.07) is 5.38. The fourth-order valence-corrected chi connectivity index (χ4v) is 0.679. The Labute approximate surface area is 50.3 Å². The molecule has 0 aliphatic rings. The third-order valence-electron chi connectivity index (χ3n) is 0.770. The molecular weight excluding hydrogens is 122 g/mol. The van der Waals surface area contributed by atoms with Crippen molar-refractivity contribution in [3.63, 3.8) is 0 Å². The number of nitrogens with one attached hydrogen (secondary N) is 1. The maximum atomic E-state index is 10.0. The lowest BCUT2D eigenvalue weighted by atomic mass is 10.5. The lowest BCUT2D eigenvalue weighted by molar-refractivity contribution is 0.699. The average Bonchev–Trinajstić information content (AvgIpc) is 1.90. The Morgan fingerprint density at radius 1 is 1.50 bits per heavy atom. The highest BCUT2D eigenvalue weighted by molar-refractivity contribution is 7.56. The van der Waals surface area contributed by atoms with Crippen molar-refractivity contribution < 1.29 is 4.21 Å². The minimum Gasteiger partial charge on any atom is -0.351 e. The fourth-order valence-electron chi connectivity index (χ4n) is 0.429. The van der Waals surface area contributed by atoms with Crippen LogP contribution in [0.1, 0.15) is 0 Å². The van der Waals surface area contributed by atoms with Gasteiger partial charge in [-0.2, -0.15) is 0 Å². The molecule has 0 aliphatic heterocycles. The topological polar surface area (TPSA) is 32.9 Å². The second-order valence-corrected chi connectivity index (χ2v) is 1.92. The summed E-state index contributed by atoms with van der Waals surface area (Å²) in [5, 5.41) is 0. The number of aromatic amines is 1. The quantitative estimate of drug-likeness (QED) is 0.513. The summed E-state index contributed by atoms with van der Waals surface area (Å²) in [5.41, 5.74) is 0. The third kappa shape index (κ3) is 1.07. The molecule has 1 aromatic rings. The summed E-state index contributed by atoms with van der Waals surface area (Å²) in [7, 11) is 0. The number of pyridine rings is 1. The highest BCUT2D eigenvalue weighted by Crippen LogP contribution is 1.78. The summed E-state index contributed by atoms with van der Waals surface area (Å²) in [5.74, 6) is 0. The molecular formula is C5H5NOS. The Balaban J connectivity index is 3.41. The van der Waals surface area contributed by atoms with Crippen LogP contribution < -0.4 is 0 Å². The number of rotatable bonds is 0. The minimum absolute atomic E-state index is 0.463. The van der Waals surface area contributed by atoms with Gasteiger partial charge in [-0.15, -0.1) is 0 Å². The molecule has 3 heteroatoms. The van der Waals surface area contributed by atoms with Crippen molar-refractivity contribution in [2.45, 2.75) is 0 Å². The van der Waals surface area contributed by atoms with Crippen LogP contribution in [0.5, 0.6) is 0 Å². The van der Waals surface area contributed by atoms with Crippen LogP contribution in [0.4, 0.5) is 0 Å². The highest BCUT2D eigenvalue weighted by atomic mass is 32.1. The van der Waals surface area contributed by atoms with E-state index in [1.54, 1.807) is 12.3 Å². The van der Waals surface area contributed by atoms with Crippen LogP contribution in [0.15, 0.2) is 24.4 Å². The van der Waals surface area contributed by atoms with Gasteiger partial charge in [0, 0.05) is 6.20 Å². The van der Waals surface area contributed by atoms with Gasteiger partial charge in [0.15, 0.2) is 0 Å². The summed E-state index contributed by atoms with van der Waals surface area (Å²) < 4.78 is 10.7. The van der Waals surface area contributed by atoms with Crippen LogP contribution in [0, 0.1) is 4.64 Å². The largest absolute Gasteiger partial charge is 0.351 e. The molecule has 0 spiro atoms. The lowest BCUT2D eigenvalue weighted by Crippen LogP contribution is -1.68. The maximum absolute atomic E-state index is 10.0. The van der Waals surface area contributed by atoms with Crippen molar-refractivity contribution in [3.05, 3.63) is 29.0 Å². The Hall–Kier alpha value is -0.830. The van der Waals surface area contributed by atoms with Gasteiger partial charge >= 0.3 is 0 Å².